The highest BCUT2D eigenvalue weighted by Crippen LogP contribution is 2.37. The summed E-state index contributed by atoms with van der Waals surface area (Å²) >= 11 is 3.07. The zero-order valence-electron chi connectivity index (χ0n) is 10.1. The quantitative estimate of drug-likeness (QED) is 0.889. The van der Waals surface area contributed by atoms with Crippen molar-refractivity contribution in [1.82, 2.24) is 5.32 Å². The van der Waals surface area contributed by atoms with E-state index in [9.17, 15) is 13.2 Å². The Hall–Kier alpha value is -0.590. The van der Waals surface area contributed by atoms with Crippen LogP contribution in [0.4, 0.5) is 13.2 Å². The summed E-state index contributed by atoms with van der Waals surface area (Å²) in [6.45, 7) is 0.402. The van der Waals surface area contributed by atoms with E-state index < -0.39 is 11.7 Å². The highest BCUT2D eigenvalue weighted by molar-refractivity contribution is 9.10. The number of nitrogens with one attached hydrogen (secondary N) is 1. The van der Waals surface area contributed by atoms with Crippen LogP contribution in [0.5, 0.6) is 0 Å². The van der Waals surface area contributed by atoms with Gasteiger partial charge >= 0.3 is 6.18 Å². The molecule has 18 heavy (non-hydrogen) atoms. The normalized spacial score (nSPS) is 13.7. The predicted octanol–water partition coefficient (Wildman–Crippen LogP) is 3.76. The van der Waals surface area contributed by atoms with Crippen LogP contribution < -0.4 is 5.32 Å². The van der Waals surface area contributed by atoms with Crippen molar-refractivity contribution in [3.05, 3.63) is 33.8 Å². The number of methoxy groups -OCH3 is 1. The molecule has 0 aliphatic carbocycles. The number of hydrogen-bond acceptors (Lipinski definition) is 2. The molecule has 1 atom stereocenters. The van der Waals surface area contributed by atoms with E-state index in [0.29, 0.717) is 17.5 Å². The fourth-order valence-electron chi connectivity index (χ4n) is 1.77. The van der Waals surface area contributed by atoms with Gasteiger partial charge < -0.3 is 10.1 Å². The monoisotopic (exact) mass is 325 g/mol. The van der Waals surface area contributed by atoms with Gasteiger partial charge in [-0.1, -0.05) is 22.0 Å². The average Bonchev–Trinajstić information content (AvgIpc) is 2.30. The van der Waals surface area contributed by atoms with E-state index in [4.69, 9.17) is 4.74 Å². The van der Waals surface area contributed by atoms with E-state index >= 15 is 0 Å². The predicted molar refractivity (Wildman–Crippen MR) is 67.4 cm³/mol. The zero-order valence-corrected chi connectivity index (χ0v) is 11.7. The molecule has 0 aromatic heterocycles. The lowest BCUT2D eigenvalue weighted by Crippen LogP contribution is -2.22. The minimum atomic E-state index is -4.36. The molecule has 6 heteroatoms. The molecule has 2 nitrogen and oxygen atoms in total. The van der Waals surface area contributed by atoms with E-state index in [1.54, 1.807) is 13.1 Å². The maximum absolute atomic E-state index is 13.0. The highest BCUT2D eigenvalue weighted by atomic mass is 79.9. The summed E-state index contributed by atoms with van der Waals surface area (Å²) in [6.07, 6.45) is -3.88. The van der Waals surface area contributed by atoms with Crippen molar-refractivity contribution in [3.63, 3.8) is 0 Å². The Balaban J connectivity index is 3.13. The van der Waals surface area contributed by atoms with Crippen LogP contribution in [0, 0.1) is 0 Å². The van der Waals surface area contributed by atoms with Crippen LogP contribution in [-0.4, -0.2) is 20.8 Å². The second-order valence-corrected chi connectivity index (χ2v) is 4.77. The Labute approximate surface area is 113 Å². The topological polar surface area (TPSA) is 21.3 Å². The van der Waals surface area contributed by atoms with Gasteiger partial charge in [0.2, 0.25) is 0 Å². The molecule has 1 aromatic rings. The summed E-state index contributed by atoms with van der Waals surface area (Å²) in [5.41, 5.74) is -0.377. The lowest BCUT2D eigenvalue weighted by atomic mass is 9.98. The number of alkyl halides is 3. The molecule has 0 aliphatic heterocycles. The number of benzene rings is 1. The van der Waals surface area contributed by atoms with Gasteiger partial charge in [-0.05, 0) is 31.2 Å². The molecule has 0 saturated carbocycles. The molecule has 0 heterocycles. The van der Waals surface area contributed by atoms with Crippen LogP contribution in [0.15, 0.2) is 22.7 Å². The highest BCUT2D eigenvalue weighted by Gasteiger charge is 2.35. The summed E-state index contributed by atoms with van der Waals surface area (Å²) in [7, 11) is 3.17. The molecular formula is C12H15BrF3NO. The second kappa shape index (κ2) is 6.54. The van der Waals surface area contributed by atoms with Crippen LogP contribution in [0.1, 0.15) is 23.6 Å². The third-order valence-corrected chi connectivity index (χ3v) is 3.15. The number of ether oxygens (including phenoxy) is 1. The molecule has 0 saturated heterocycles. The van der Waals surface area contributed by atoms with Crippen molar-refractivity contribution in [3.8, 4) is 0 Å². The average molecular weight is 326 g/mol. The van der Waals surface area contributed by atoms with E-state index in [1.807, 2.05) is 0 Å². The largest absolute Gasteiger partial charge is 0.416 e. The second-order valence-electron chi connectivity index (χ2n) is 3.85. The Morgan fingerprint density at radius 3 is 2.56 bits per heavy atom. The molecule has 1 rings (SSSR count). The summed E-state index contributed by atoms with van der Waals surface area (Å²) in [6, 6.07) is 3.83. The smallest absolute Gasteiger partial charge is 0.385 e. The van der Waals surface area contributed by atoms with Gasteiger partial charge in [0.05, 0.1) is 5.56 Å². The van der Waals surface area contributed by atoms with Gasteiger partial charge in [0.15, 0.2) is 0 Å². The Bertz CT molecular complexity index is 395. The zero-order chi connectivity index (χ0) is 13.8. The van der Waals surface area contributed by atoms with Gasteiger partial charge in [-0.3, -0.25) is 0 Å². The maximum atomic E-state index is 13.0. The first kappa shape index (κ1) is 15.5. The molecule has 1 N–H and O–H groups in total. The third kappa shape index (κ3) is 3.96. The van der Waals surface area contributed by atoms with Gasteiger partial charge in [-0.25, -0.2) is 0 Å². The Kier molecular flexibility index (Phi) is 5.62. The number of hydrogen-bond donors (Lipinski definition) is 1. The fourth-order valence-corrected chi connectivity index (χ4v) is 2.13. The first-order chi connectivity index (χ1) is 8.40. The van der Waals surface area contributed by atoms with Crippen molar-refractivity contribution in [1.29, 1.82) is 0 Å². The van der Waals surface area contributed by atoms with Crippen molar-refractivity contribution < 1.29 is 17.9 Å². The van der Waals surface area contributed by atoms with Gasteiger partial charge in [0.25, 0.3) is 0 Å². The Morgan fingerprint density at radius 2 is 2.06 bits per heavy atom. The lowest BCUT2D eigenvalue weighted by Gasteiger charge is -2.21. The SMILES string of the molecule is CNC(CCOC)c1ccc(Br)cc1C(F)(F)F. The van der Waals surface area contributed by atoms with Gasteiger partial charge in [0, 0.05) is 24.2 Å². The van der Waals surface area contributed by atoms with E-state index in [0.717, 1.165) is 6.07 Å². The first-order valence-electron chi connectivity index (χ1n) is 5.43. The molecule has 1 unspecified atom stereocenters. The van der Waals surface area contributed by atoms with Gasteiger partial charge in [0.1, 0.15) is 0 Å². The van der Waals surface area contributed by atoms with Crippen molar-refractivity contribution in [2.24, 2.45) is 0 Å². The molecule has 0 radical (unpaired) electrons. The fraction of sp³-hybridized carbons (Fsp3) is 0.500. The van der Waals surface area contributed by atoms with Crippen LogP contribution in [0.25, 0.3) is 0 Å². The van der Waals surface area contributed by atoms with Crippen molar-refractivity contribution in [2.75, 3.05) is 20.8 Å². The molecule has 0 aliphatic rings. The summed E-state index contributed by atoms with van der Waals surface area (Å²) < 4.78 is 44.2. The van der Waals surface area contributed by atoms with E-state index in [2.05, 4.69) is 21.2 Å². The molecule has 0 bridgehead atoms. The molecule has 0 amide bonds. The van der Waals surface area contributed by atoms with Crippen LogP contribution in [-0.2, 0) is 10.9 Å². The molecule has 0 spiro atoms. The lowest BCUT2D eigenvalue weighted by molar-refractivity contribution is -0.138. The standard InChI is InChI=1S/C12H15BrF3NO/c1-17-11(5-6-18-2)9-4-3-8(13)7-10(9)12(14,15)16/h3-4,7,11,17H,5-6H2,1-2H3. The van der Waals surface area contributed by atoms with Gasteiger partial charge in [-0.2, -0.15) is 13.2 Å². The molecule has 102 valence electrons. The maximum Gasteiger partial charge on any atom is 0.416 e. The third-order valence-electron chi connectivity index (χ3n) is 2.66. The van der Waals surface area contributed by atoms with E-state index in [1.165, 1.54) is 13.2 Å². The summed E-state index contributed by atoms with van der Waals surface area (Å²) in [5, 5.41) is 2.89. The first-order valence-corrected chi connectivity index (χ1v) is 6.22. The van der Waals surface area contributed by atoms with Crippen molar-refractivity contribution in [2.45, 2.75) is 18.6 Å². The molecule has 1 aromatic carbocycles. The minimum Gasteiger partial charge on any atom is -0.385 e. The van der Waals surface area contributed by atoms with E-state index in [-0.39, 0.29) is 11.6 Å². The van der Waals surface area contributed by atoms with Crippen molar-refractivity contribution >= 4 is 15.9 Å². The summed E-state index contributed by atoms with van der Waals surface area (Å²) in [4.78, 5) is 0. The number of rotatable bonds is 5. The van der Waals surface area contributed by atoms with Crippen LogP contribution in [0.2, 0.25) is 0 Å². The van der Waals surface area contributed by atoms with Crippen LogP contribution >= 0.6 is 15.9 Å². The number of halogens is 4. The van der Waals surface area contributed by atoms with Crippen LogP contribution in [0.3, 0.4) is 0 Å². The van der Waals surface area contributed by atoms with Gasteiger partial charge in [-0.15, -0.1) is 0 Å². The summed E-state index contributed by atoms with van der Waals surface area (Å²) in [5.74, 6) is 0. The molecular weight excluding hydrogens is 311 g/mol. The molecule has 0 fully saturated rings. The minimum absolute atomic E-state index is 0.241. The Morgan fingerprint density at radius 1 is 1.39 bits per heavy atom.